The summed E-state index contributed by atoms with van der Waals surface area (Å²) in [6.45, 7) is 8.75. The van der Waals surface area contributed by atoms with Crippen molar-refractivity contribution in [1.29, 1.82) is 0 Å². The van der Waals surface area contributed by atoms with Gasteiger partial charge >= 0.3 is 0 Å². The first-order valence-electron chi connectivity index (χ1n) is 13.2. The number of aliphatic imine (C=N–C) groups is 3. The molecule has 0 amide bonds. The number of aromatic nitrogens is 2. The van der Waals surface area contributed by atoms with Crippen molar-refractivity contribution in [3.8, 4) is 0 Å². The van der Waals surface area contributed by atoms with Crippen molar-refractivity contribution in [3.05, 3.63) is 82.9 Å². The summed E-state index contributed by atoms with van der Waals surface area (Å²) < 4.78 is 2.07. The maximum atomic E-state index is 6.25. The van der Waals surface area contributed by atoms with Gasteiger partial charge in [0.05, 0.1) is 27.0 Å². The SMILES string of the molecule is CC(C)N=C(N)c1ccc2nc(N=C3c4ccccc4CN3c3nc4ccc(C(N)=NC(C)C)cc4s3)sc2c1.Cl.Cl. The van der Waals surface area contributed by atoms with Crippen LogP contribution in [0.1, 0.15) is 49.9 Å². The Balaban J connectivity index is 0.00000202. The van der Waals surface area contributed by atoms with Crippen molar-refractivity contribution in [2.24, 2.45) is 26.4 Å². The van der Waals surface area contributed by atoms with Gasteiger partial charge in [-0.1, -0.05) is 46.9 Å². The molecule has 3 aromatic carbocycles. The van der Waals surface area contributed by atoms with E-state index in [0.717, 1.165) is 48.1 Å². The Morgan fingerprint density at radius 1 is 0.786 bits per heavy atom. The molecule has 42 heavy (non-hydrogen) atoms. The highest BCUT2D eigenvalue weighted by Gasteiger charge is 2.29. The molecule has 218 valence electrons. The molecule has 1 aliphatic heterocycles. The van der Waals surface area contributed by atoms with Gasteiger partial charge in [0.15, 0.2) is 5.13 Å². The van der Waals surface area contributed by atoms with Crippen molar-refractivity contribution in [2.45, 2.75) is 46.3 Å². The highest BCUT2D eigenvalue weighted by atomic mass is 35.5. The second kappa shape index (κ2) is 12.7. The second-order valence-corrected chi connectivity index (χ2v) is 12.3. The van der Waals surface area contributed by atoms with Gasteiger partial charge in [0, 0.05) is 28.8 Å². The summed E-state index contributed by atoms with van der Waals surface area (Å²) in [6, 6.07) is 20.7. The second-order valence-electron chi connectivity index (χ2n) is 10.3. The molecule has 4 N–H and O–H groups in total. The molecule has 6 rings (SSSR count). The molecule has 3 heterocycles. The number of benzene rings is 3. The van der Waals surface area contributed by atoms with E-state index in [1.807, 2.05) is 64.1 Å². The summed E-state index contributed by atoms with van der Waals surface area (Å²) in [4.78, 5) is 26.0. The topological polar surface area (TPSA) is 118 Å². The first-order valence-corrected chi connectivity index (χ1v) is 14.8. The minimum atomic E-state index is 0. The molecular weight excluding hydrogens is 607 g/mol. The Morgan fingerprint density at radius 2 is 1.36 bits per heavy atom. The molecule has 0 radical (unpaired) electrons. The third-order valence-corrected chi connectivity index (χ3v) is 8.37. The molecule has 0 fully saturated rings. The summed E-state index contributed by atoms with van der Waals surface area (Å²) in [5.41, 5.74) is 18.4. The fraction of sp³-hybridized carbons (Fsp3) is 0.233. The number of amidine groups is 3. The van der Waals surface area contributed by atoms with Crippen molar-refractivity contribution >= 4 is 95.7 Å². The van der Waals surface area contributed by atoms with Crippen LogP contribution in [0.3, 0.4) is 0 Å². The fourth-order valence-corrected chi connectivity index (χ4v) is 6.53. The Morgan fingerprint density at radius 3 is 1.98 bits per heavy atom. The Kier molecular flexibility index (Phi) is 9.52. The maximum Gasteiger partial charge on any atom is 0.212 e. The van der Waals surface area contributed by atoms with Gasteiger partial charge in [0.25, 0.3) is 0 Å². The maximum absolute atomic E-state index is 6.25. The van der Waals surface area contributed by atoms with E-state index in [9.17, 15) is 0 Å². The summed E-state index contributed by atoms with van der Waals surface area (Å²) in [5, 5.41) is 1.56. The average Bonchev–Trinajstić information content (AvgIpc) is 3.62. The number of nitrogens with zero attached hydrogens (tertiary/aromatic N) is 6. The minimum absolute atomic E-state index is 0. The quantitative estimate of drug-likeness (QED) is 0.152. The van der Waals surface area contributed by atoms with E-state index in [1.165, 1.54) is 5.56 Å². The molecule has 0 bridgehead atoms. The van der Waals surface area contributed by atoms with Gasteiger partial charge in [-0.05, 0) is 69.7 Å². The zero-order valence-electron chi connectivity index (χ0n) is 23.6. The Labute approximate surface area is 265 Å². The predicted molar refractivity (Wildman–Crippen MR) is 184 cm³/mol. The molecule has 0 saturated heterocycles. The lowest BCUT2D eigenvalue weighted by Gasteiger charge is -2.14. The molecule has 1 aliphatic rings. The lowest BCUT2D eigenvalue weighted by molar-refractivity contribution is 0.834. The van der Waals surface area contributed by atoms with E-state index < -0.39 is 0 Å². The van der Waals surface area contributed by atoms with Crippen molar-refractivity contribution in [1.82, 2.24) is 9.97 Å². The number of halogens is 2. The largest absolute Gasteiger partial charge is 0.383 e. The zero-order chi connectivity index (χ0) is 28.0. The highest BCUT2D eigenvalue weighted by molar-refractivity contribution is 7.22. The minimum Gasteiger partial charge on any atom is -0.383 e. The van der Waals surface area contributed by atoms with E-state index in [0.29, 0.717) is 23.3 Å². The number of hydrogen-bond acceptors (Lipinski definition) is 7. The lowest BCUT2D eigenvalue weighted by atomic mass is 10.1. The number of thiazole rings is 2. The molecule has 12 heteroatoms. The molecule has 0 spiro atoms. The Hall–Kier alpha value is -3.57. The summed E-state index contributed by atoms with van der Waals surface area (Å²) in [5.74, 6) is 1.92. The van der Waals surface area contributed by atoms with Gasteiger partial charge in [-0.3, -0.25) is 14.9 Å². The van der Waals surface area contributed by atoms with E-state index in [-0.39, 0.29) is 36.9 Å². The standard InChI is InChI=1S/C30H30N8S2.2ClH/c1-16(2)33-26(31)18-9-11-22-24(13-18)39-29(35-22)37-28-21-8-6-5-7-20(21)15-38(28)30-36-23-12-10-19(14-25(23)40-30)27(32)34-17(3)4;;/h5-14,16-17H,15H2,1-4H3,(H2,31,33)(H2,32,34);2*1H. The molecule has 5 aromatic rings. The molecule has 0 atom stereocenters. The molecule has 0 unspecified atom stereocenters. The van der Waals surface area contributed by atoms with Gasteiger partial charge in [-0.15, -0.1) is 24.8 Å². The van der Waals surface area contributed by atoms with Crippen molar-refractivity contribution < 1.29 is 0 Å². The number of fused-ring (bicyclic) bond motifs is 3. The smallest absolute Gasteiger partial charge is 0.212 e. The van der Waals surface area contributed by atoms with E-state index in [2.05, 4.69) is 39.2 Å². The highest BCUT2D eigenvalue weighted by Crippen LogP contribution is 2.37. The van der Waals surface area contributed by atoms with Crippen LogP contribution in [-0.2, 0) is 6.54 Å². The molecule has 8 nitrogen and oxygen atoms in total. The van der Waals surface area contributed by atoms with Gasteiger partial charge in [0.1, 0.15) is 17.5 Å². The van der Waals surface area contributed by atoms with Crippen LogP contribution in [0.5, 0.6) is 0 Å². The van der Waals surface area contributed by atoms with Crippen LogP contribution in [0.2, 0.25) is 0 Å². The number of rotatable bonds is 6. The third kappa shape index (κ3) is 6.27. The summed E-state index contributed by atoms with van der Waals surface area (Å²) in [7, 11) is 0. The zero-order valence-corrected chi connectivity index (χ0v) is 26.9. The average molecular weight is 640 g/mol. The Bertz CT molecular complexity index is 1840. The van der Waals surface area contributed by atoms with Gasteiger partial charge in [-0.2, -0.15) is 0 Å². The van der Waals surface area contributed by atoms with Crippen LogP contribution in [-0.4, -0.2) is 39.6 Å². The van der Waals surface area contributed by atoms with Crippen molar-refractivity contribution in [2.75, 3.05) is 4.90 Å². The monoisotopic (exact) mass is 638 g/mol. The lowest BCUT2D eigenvalue weighted by Crippen LogP contribution is -2.23. The third-order valence-electron chi connectivity index (χ3n) is 6.42. The summed E-state index contributed by atoms with van der Waals surface area (Å²) in [6.07, 6.45) is 0. The van der Waals surface area contributed by atoms with E-state index in [4.69, 9.17) is 26.4 Å². The van der Waals surface area contributed by atoms with E-state index in [1.54, 1.807) is 22.7 Å². The molecular formula is C30H32Cl2N8S2. The molecule has 2 aromatic heterocycles. The number of hydrogen-bond donors (Lipinski definition) is 2. The van der Waals surface area contributed by atoms with Crippen LogP contribution in [0.4, 0.5) is 10.3 Å². The number of anilines is 1. The molecule has 0 saturated carbocycles. The van der Waals surface area contributed by atoms with E-state index >= 15 is 0 Å². The van der Waals surface area contributed by atoms with Crippen LogP contribution in [0, 0.1) is 0 Å². The van der Waals surface area contributed by atoms with Crippen LogP contribution >= 0.6 is 47.5 Å². The van der Waals surface area contributed by atoms with Crippen LogP contribution in [0.25, 0.3) is 20.4 Å². The molecule has 0 aliphatic carbocycles. The normalized spacial score (nSPS) is 14.6. The van der Waals surface area contributed by atoms with Crippen molar-refractivity contribution in [3.63, 3.8) is 0 Å². The van der Waals surface area contributed by atoms with Gasteiger partial charge < -0.3 is 11.5 Å². The van der Waals surface area contributed by atoms with Crippen LogP contribution < -0.4 is 16.4 Å². The van der Waals surface area contributed by atoms with Crippen LogP contribution in [0.15, 0.2) is 75.6 Å². The fourth-order valence-electron chi connectivity index (χ4n) is 4.65. The first kappa shape index (κ1) is 31.4. The number of nitrogens with two attached hydrogens (primary N) is 2. The first-order chi connectivity index (χ1) is 19.2. The predicted octanol–water partition coefficient (Wildman–Crippen LogP) is 7.08. The summed E-state index contributed by atoms with van der Waals surface area (Å²) >= 11 is 3.17. The van der Waals surface area contributed by atoms with Gasteiger partial charge in [-0.25, -0.2) is 15.0 Å². The van der Waals surface area contributed by atoms with Gasteiger partial charge in [0.2, 0.25) is 5.13 Å².